The molecule has 0 unspecified atom stereocenters. The van der Waals surface area contributed by atoms with Gasteiger partial charge in [-0.2, -0.15) is 5.26 Å². The molecule has 0 aliphatic heterocycles. The van der Waals surface area contributed by atoms with Gasteiger partial charge in [0.15, 0.2) is 0 Å². The number of ether oxygens (including phenoxy) is 1. The fourth-order valence-electron chi connectivity index (χ4n) is 2.75. The van der Waals surface area contributed by atoms with Gasteiger partial charge in [0, 0.05) is 12.7 Å². The van der Waals surface area contributed by atoms with Crippen LogP contribution >= 0.6 is 0 Å². The highest BCUT2D eigenvalue weighted by atomic mass is 16.5. The molecule has 0 aliphatic rings. The molecule has 2 N–H and O–H groups in total. The first kappa shape index (κ1) is 18.9. The summed E-state index contributed by atoms with van der Waals surface area (Å²) < 4.78 is 5.32. The highest BCUT2D eigenvalue weighted by molar-refractivity contribution is 5.94. The van der Waals surface area contributed by atoms with Crippen molar-refractivity contribution in [1.29, 1.82) is 5.26 Å². The zero-order valence-electron chi connectivity index (χ0n) is 15.5. The maximum atomic E-state index is 12.3. The molecule has 1 aromatic heterocycles. The van der Waals surface area contributed by atoms with Crippen molar-refractivity contribution in [3.63, 3.8) is 0 Å². The first-order valence-electron chi connectivity index (χ1n) is 8.83. The van der Waals surface area contributed by atoms with Crippen LogP contribution in [0.3, 0.4) is 0 Å². The number of anilines is 2. The Morgan fingerprint density at radius 3 is 2.64 bits per heavy atom. The fourth-order valence-corrected chi connectivity index (χ4v) is 2.75. The Kier molecular flexibility index (Phi) is 6.21. The third-order valence-corrected chi connectivity index (χ3v) is 4.21. The van der Waals surface area contributed by atoms with E-state index in [0.717, 1.165) is 11.3 Å². The average molecular weight is 372 g/mol. The standard InChI is InChI=1S/C22H20N4O2/c1-28-20-9-5-3-6-16(20)12-13-24-22(27)18-10-11-21(25-15-18)26-19-8-4-2-7-17(19)14-23/h2-11,15H,12-13H2,1H3,(H,24,27)(H,25,26). The number of rotatable bonds is 7. The number of hydrogen-bond donors (Lipinski definition) is 2. The Morgan fingerprint density at radius 1 is 1.11 bits per heavy atom. The Labute approximate surface area is 163 Å². The first-order chi connectivity index (χ1) is 13.7. The summed E-state index contributed by atoms with van der Waals surface area (Å²) in [6.07, 6.45) is 2.18. The van der Waals surface area contributed by atoms with Gasteiger partial charge in [-0.3, -0.25) is 4.79 Å². The lowest BCUT2D eigenvalue weighted by molar-refractivity contribution is 0.0953. The Balaban J connectivity index is 1.57. The number of benzene rings is 2. The van der Waals surface area contributed by atoms with E-state index in [0.29, 0.717) is 35.6 Å². The van der Waals surface area contributed by atoms with E-state index in [4.69, 9.17) is 10.00 Å². The van der Waals surface area contributed by atoms with Crippen molar-refractivity contribution >= 4 is 17.4 Å². The molecule has 1 amide bonds. The molecule has 0 fully saturated rings. The fraction of sp³-hybridized carbons (Fsp3) is 0.136. The minimum Gasteiger partial charge on any atom is -0.496 e. The minimum atomic E-state index is -0.189. The van der Waals surface area contributed by atoms with Crippen molar-refractivity contribution in [2.75, 3.05) is 19.0 Å². The normalized spacial score (nSPS) is 10.0. The number of nitrogens with one attached hydrogen (secondary N) is 2. The van der Waals surface area contributed by atoms with Crippen molar-refractivity contribution in [3.05, 3.63) is 83.6 Å². The van der Waals surface area contributed by atoms with Gasteiger partial charge in [-0.1, -0.05) is 30.3 Å². The monoisotopic (exact) mass is 372 g/mol. The summed E-state index contributed by atoms with van der Waals surface area (Å²) >= 11 is 0. The molecule has 0 atom stereocenters. The predicted octanol–water partition coefficient (Wildman–Crippen LogP) is 3.68. The van der Waals surface area contributed by atoms with Crippen LogP contribution in [-0.4, -0.2) is 24.5 Å². The molecule has 3 rings (SSSR count). The lowest BCUT2D eigenvalue weighted by Crippen LogP contribution is -2.25. The largest absolute Gasteiger partial charge is 0.496 e. The van der Waals surface area contributed by atoms with Crippen LogP contribution in [0.5, 0.6) is 5.75 Å². The zero-order chi connectivity index (χ0) is 19.8. The number of amides is 1. The Hall–Kier alpha value is -3.85. The molecule has 3 aromatic rings. The van der Waals surface area contributed by atoms with Crippen LogP contribution in [0.1, 0.15) is 21.5 Å². The van der Waals surface area contributed by atoms with Gasteiger partial charge in [0.1, 0.15) is 17.6 Å². The maximum absolute atomic E-state index is 12.3. The molecule has 6 nitrogen and oxygen atoms in total. The Bertz CT molecular complexity index is 994. The van der Waals surface area contributed by atoms with Crippen LogP contribution in [0.15, 0.2) is 66.9 Å². The molecule has 0 radical (unpaired) electrons. The second-order valence-electron chi connectivity index (χ2n) is 6.03. The number of carbonyl (C=O) groups excluding carboxylic acids is 1. The van der Waals surface area contributed by atoms with Crippen LogP contribution in [0.2, 0.25) is 0 Å². The molecule has 0 spiro atoms. The number of nitriles is 1. The molecular formula is C22H20N4O2. The van der Waals surface area contributed by atoms with Gasteiger partial charge in [-0.25, -0.2) is 4.98 Å². The second kappa shape index (κ2) is 9.19. The van der Waals surface area contributed by atoms with E-state index in [-0.39, 0.29) is 5.91 Å². The molecule has 0 saturated carbocycles. The van der Waals surface area contributed by atoms with Gasteiger partial charge in [0.2, 0.25) is 0 Å². The zero-order valence-corrected chi connectivity index (χ0v) is 15.5. The molecule has 140 valence electrons. The summed E-state index contributed by atoms with van der Waals surface area (Å²) in [5.41, 5.74) is 2.72. The third-order valence-electron chi connectivity index (χ3n) is 4.21. The van der Waals surface area contributed by atoms with Crippen LogP contribution in [-0.2, 0) is 6.42 Å². The number of nitrogens with zero attached hydrogens (tertiary/aromatic N) is 2. The van der Waals surface area contributed by atoms with Crippen molar-refractivity contribution in [2.45, 2.75) is 6.42 Å². The average Bonchev–Trinajstić information content (AvgIpc) is 2.75. The summed E-state index contributed by atoms with van der Waals surface area (Å²) in [7, 11) is 1.63. The van der Waals surface area contributed by atoms with E-state index < -0.39 is 0 Å². The molecule has 0 aliphatic carbocycles. The summed E-state index contributed by atoms with van der Waals surface area (Å²) in [5.74, 6) is 1.19. The number of para-hydroxylation sites is 2. The minimum absolute atomic E-state index is 0.189. The van der Waals surface area contributed by atoms with Crippen molar-refractivity contribution < 1.29 is 9.53 Å². The van der Waals surface area contributed by atoms with E-state index in [1.165, 1.54) is 6.20 Å². The van der Waals surface area contributed by atoms with E-state index >= 15 is 0 Å². The second-order valence-corrected chi connectivity index (χ2v) is 6.03. The number of methoxy groups -OCH3 is 1. The molecule has 1 heterocycles. The molecular weight excluding hydrogens is 352 g/mol. The lowest BCUT2D eigenvalue weighted by atomic mass is 10.1. The number of pyridine rings is 1. The SMILES string of the molecule is COc1ccccc1CCNC(=O)c1ccc(Nc2ccccc2C#N)nc1. The van der Waals surface area contributed by atoms with E-state index in [1.54, 1.807) is 37.4 Å². The van der Waals surface area contributed by atoms with Crippen LogP contribution < -0.4 is 15.4 Å². The van der Waals surface area contributed by atoms with Crippen molar-refractivity contribution in [3.8, 4) is 11.8 Å². The van der Waals surface area contributed by atoms with E-state index in [9.17, 15) is 4.79 Å². The van der Waals surface area contributed by atoms with Crippen molar-refractivity contribution in [1.82, 2.24) is 10.3 Å². The molecule has 28 heavy (non-hydrogen) atoms. The highest BCUT2D eigenvalue weighted by Gasteiger charge is 2.08. The van der Waals surface area contributed by atoms with Crippen LogP contribution in [0, 0.1) is 11.3 Å². The van der Waals surface area contributed by atoms with Crippen molar-refractivity contribution in [2.24, 2.45) is 0 Å². The van der Waals surface area contributed by atoms with Gasteiger partial charge >= 0.3 is 0 Å². The first-order valence-corrected chi connectivity index (χ1v) is 8.83. The number of carbonyl (C=O) groups is 1. The molecule has 0 saturated heterocycles. The molecule has 2 aromatic carbocycles. The third kappa shape index (κ3) is 4.65. The number of aromatic nitrogens is 1. The van der Waals surface area contributed by atoms with Gasteiger partial charge in [-0.05, 0) is 42.3 Å². The molecule has 6 heteroatoms. The van der Waals surface area contributed by atoms with E-state index in [2.05, 4.69) is 21.7 Å². The summed E-state index contributed by atoms with van der Waals surface area (Å²) in [6, 6.07) is 20.4. The quantitative estimate of drug-likeness (QED) is 0.661. The summed E-state index contributed by atoms with van der Waals surface area (Å²) in [5, 5.41) is 15.1. The maximum Gasteiger partial charge on any atom is 0.252 e. The smallest absolute Gasteiger partial charge is 0.252 e. The van der Waals surface area contributed by atoms with Gasteiger partial charge in [0.05, 0.1) is 23.9 Å². The highest BCUT2D eigenvalue weighted by Crippen LogP contribution is 2.19. The van der Waals surface area contributed by atoms with Gasteiger partial charge in [-0.15, -0.1) is 0 Å². The lowest BCUT2D eigenvalue weighted by Gasteiger charge is -2.10. The predicted molar refractivity (Wildman–Crippen MR) is 108 cm³/mol. The summed E-state index contributed by atoms with van der Waals surface area (Å²) in [6.45, 7) is 0.495. The summed E-state index contributed by atoms with van der Waals surface area (Å²) in [4.78, 5) is 16.6. The Morgan fingerprint density at radius 2 is 1.89 bits per heavy atom. The van der Waals surface area contributed by atoms with E-state index in [1.807, 2.05) is 30.3 Å². The molecule has 0 bridgehead atoms. The van der Waals surface area contributed by atoms with Crippen LogP contribution in [0.25, 0.3) is 0 Å². The topological polar surface area (TPSA) is 87.0 Å². The number of hydrogen-bond acceptors (Lipinski definition) is 5. The van der Waals surface area contributed by atoms with Gasteiger partial charge < -0.3 is 15.4 Å². The van der Waals surface area contributed by atoms with Gasteiger partial charge in [0.25, 0.3) is 5.91 Å². The van der Waals surface area contributed by atoms with Crippen LogP contribution in [0.4, 0.5) is 11.5 Å².